The van der Waals surface area contributed by atoms with Gasteiger partial charge in [-0.1, -0.05) is 20.8 Å². The van der Waals surface area contributed by atoms with Crippen LogP contribution < -0.4 is 5.32 Å². The first-order valence-corrected chi connectivity index (χ1v) is 6.89. The van der Waals surface area contributed by atoms with E-state index in [0.29, 0.717) is 13.0 Å². The van der Waals surface area contributed by atoms with Gasteiger partial charge in [-0.15, -0.1) is 11.3 Å². The highest BCUT2D eigenvalue weighted by Gasteiger charge is 2.15. The largest absolute Gasteiger partial charge is 0.478 e. The van der Waals surface area contributed by atoms with Gasteiger partial charge in [0.25, 0.3) is 0 Å². The summed E-state index contributed by atoms with van der Waals surface area (Å²) in [5.74, 6) is -0.935. The molecule has 1 rings (SSSR count). The molecule has 0 bridgehead atoms. The Morgan fingerprint density at radius 1 is 1.42 bits per heavy atom. The van der Waals surface area contributed by atoms with Crippen LogP contribution in [0.15, 0.2) is 17.5 Å². The average molecular weight is 281 g/mol. The highest BCUT2D eigenvalue weighted by atomic mass is 32.1. The Kier molecular flexibility index (Phi) is 5.30. The zero-order chi connectivity index (χ0) is 14.5. The molecule has 0 aromatic carbocycles. The average Bonchev–Trinajstić information content (AvgIpc) is 2.69. The normalized spacial score (nSPS) is 11.7. The molecule has 0 unspecified atom stereocenters. The number of aliphatic carboxylic acids is 1. The van der Waals surface area contributed by atoms with E-state index in [4.69, 9.17) is 5.11 Å². The van der Waals surface area contributed by atoms with Crippen molar-refractivity contribution >= 4 is 29.3 Å². The van der Waals surface area contributed by atoms with Gasteiger partial charge in [0.05, 0.1) is 6.54 Å². The molecule has 4 nitrogen and oxygen atoms in total. The minimum absolute atomic E-state index is 0.0189. The van der Waals surface area contributed by atoms with Crippen LogP contribution in [-0.4, -0.2) is 17.0 Å². The van der Waals surface area contributed by atoms with Gasteiger partial charge in [0.2, 0.25) is 5.91 Å². The lowest BCUT2D eigenvalue weighted by Crippen LogP contribution is -2.26. The quantitative estimate of drug-likeness (QED) is 0.816. The lowest BCUT2D eigenvalue weighted by molar-refractivity contribution is -0.131. The smallest absolute Gasteiger partial charge is 0.328 e. The summed E-state index contributed by atoms with van der Waals surface area (Å²) < 4.78 is 0. The monoisotopic (exact) mass is 281 g/mol. The summed E-state index contributed by atoms with van der Waals surface area (Å²) in [4.78, 5) is 23.0. The van der Waals surface area contributed by atoms with Crippen LogP contribution in [0.5, 0.6) is 0 Å². The van der Waals surface area contributed by atoms with Crippen LogP contribution in [0.2, 0.25) is 0 Å². The maximum atomic E-state index is 11.7. The van der Waals surface area contributed by atoms with Crippen LogP contribution >= 0.6 is 11.3 Å². The van der Waals surface area contributed by atoms with Gasteiger partial charge in [-0.25, -0.2) is 4.79 Å². The second-order valence-electron chi connectivity index (χ2n) is 5.53. The number of hydrogen-bond donors (Lipinski definition) is 2. The van der Waals surface area contributed by atoms with Crippen molar-refractivity contribution in [1.29, 1.82) is 0 Å². The molecule has 19 heavy (non-hydrogen) atoms. The summed E-state index contributed by atoms with van der Waals surface area (Å²) in [7, 11) is 0. The third kappa shape index (κ3) is 6.76. The minimum Gasteiger partial charge on any atom is -0.478 e. The van der Waals surface area contributed by atoms with Crippen molar-refractivity contribution in [3.8, 4) is 0 Å². The fraction of sp³-hybridized carbons (Fsp3) is 0.429. The first-order chi connectivity index (χ1) is 8.76. The molecule has 0 saturated carbocycles. The summed E-state index contributed by atoms with van der Waals surface area (Å²) in [6.45, 7) is 6.55. The molecule has 0 aliphatic carbocycles. The first-order valence-electron chi connectivity index (χ1n) is 6.01. The summed E-state index contributed by atoms with van der Waals surface area (Å²) in [5.41, 5.74) is 0.821. The zero-order valence-electron chi connectivity index (χ0n) is 11.4. The van der Waals surface area contributed by atoms with Crippen molar-refractivity contribution in [3.63, 3.8) is 0 Å². The molecule has 0 spiro atoms. The Labute approximate surface area is 117 Å². The number of thiophene rings is 1. The SMILES string of the molecule is CC(C)(C)CC(=O)NCc1cc(C=CC(=O)O)cs1. The van der Waals surface area contributed by atoms with Crippen LogP contribution in [0.3, 0.4) is 0 Å². The Balaban J connectivity index is 2.46. The van der Waals surface area contributed by atoms with E-state index in [1.807, 2.05) is 32.2 Å². The molecule has 0 radical (unpaired) electrons. The molecule has 0 aliphatic heterocycles. The van der Waals surface area contributed by atoms with Crippen LogP contribution in [0, 0.1) is 5.41 Å². The van der Waals surface area contributed by atoms with E-state index in [1.54, 1.807) is 6.08 Å². The maximum absolute atomic E-state index is 11.7. The predicted molar refractivity (Wildman–Crippen MR) is 76.9 cm³/mol. The number of carbonyl (C=O) groups is 2. The fourth-order valence-electron chi connectivity index (χ4n) is 1.48. The predicted octanol–water partition coefficient (Wildman–Crippen LogP) is 2.90. The standard InChI is InChI=1S/C14H19NO3S/c1-14(2,3)7-12(16)15-8-11-6-10(9-19-11)4-5-13(17)18/h4-6,9H,7-8H2,1-3H3,(H,15,16)(H,17,18). The second kappa shape index (κ2) is 6.52. The Hall–Kier alpha value is -1.62. The lowest BCUT2D eigenvalue weighted by Gasteiger charge is -2.16. The molecule has 0 aliphatic rings. The van der Waals surface area contributed by atoms with Gasteiger partial charge < -0.3 is 10.4 Å². The van der Waals surface area contributed by atoms with Gasteiger partial charge in [0.15, 0.2) is 0 Å². The molecule has 2 N–H and O–H groups in total. The zero-order valence-corrected chi connectivity index (χ0v) is 12.2. The summed E-state index contributed by atoms with van der Waals surface area (Å²) in [6, 6.07) is 1.88. The number of amides is 1. The van der Waals surface area contributed by atoms with Gasteiger partial charge >= 0.3 is 5.97 Å². The second-order valence-corrected chi connectivity index (χ2v) is 6.53. The summed E-state index contributed by atoms with van der Waals surface area (Å²) in [5, 5.41) is 13.3. The topological polar surface area (TPSA) is 66.4 Å². The molecule has 1 heterocycles. The van der Waals surface area contributed by atoms with Crippen molar-refractivity contribution in [3.05, 3.63) is 28.0 Å². The number of carboxylic acid groups (broad SMARTS) is 1. The van der Waals surface area contributed by atoms with Crippen LogP contribution in [0.4, 0.5) is 0 Å². The van der Waals surface area contributed by atoms with E-state index in [0.717, 1.165) is 16.5 Å². The van der Waals surface area contributed by atoms with Crippen molar-refractivity contribution in [2.75, 3.05) is 0 Å². The van der Waals surface area contributed by atoms with E-state index in [2.05, 4.69) is 5.32 Å². The maximum Gasteiger partial charge on any atom is 0.328 e. The van der Waals surface area contributed by atoms with E-state index < -0.39 is 5.97 Å². The fourth-order valence-corrected chi connectivity index (χ4v) is 2.27. The Morgan fingerprint density at radius 3 is 2.68 bits per heavy atom. The lowest BCUT2D eigenvalue weighted by atomic mass is 9.92. The third-order valence-electron chi connectivity index (χ3n) is 2.24. The molecule has 1 aromatic heterocycles. The van der Waals surface area contributed by atoms with Gasteiger partial charge in [0.1, 0.15) is 0 Å². The molecule has 1 aromatic rings. The highest BCUT2D eigenvalue weighted by Crippen LogP contribution is 2.19. The van der Waals surface area contributed by atoms with Crippen molar-refractivity contribution in [1.82, 2.24) is 5.32 Å². The van der Waals surface area contributed by atoms with Crippen molar-refractivity contribution < 1.29 is 14.7 Å². The molecule has 0 atom stereocenters. The highest BCUT2D eigenvalue weighted by molar-refractivity contribution is 7.10. The van der Waals surface area contributed by atoms with Crippen LogP contribution in [0.25, 0.3) is 6.08 Å². The van der Waals surface area contributed by atoms with Crippen LogP contribution in [-0.2, 0) is 16.1 Å². The molecule has 1 amide bonds. The minimum atomic E-state index is -0.966. The Bertz CT molecular complexity index is 483. The molecule has 5 heteroatoms. The van der Waals surface area contributed by atoms with E-state index in [-0.39, 0.29) is 11.3 Å². The molecular weight excluding hydrogens is 262 g/mol. The number of nitrogens with one attached hydrogen (secondary N) is 1. The molecule has 0 saturated heterocycles. The summed E-state index contributed by atoms with van der Waals surface area (Å²) in [6.07, 6.45) is 3.13. The van der Waals surface area contributed by atoms with Crippen molar-refractivity contribution in [2.45, 2.75) is 33.7 Å². The number of carboxylic acids is 1. The number of carbonyl (C=O) groups excluding carboxylic acids is 1. The van der Waals surface area contributed by atoms with Gasteiger partial charge in [0, 0.05) is 17.4 Å². The third-order valence-corrected chi connectivity index (χ3v) is 3.20. The number of rotatable bonds is 5. The van der Waals surface area contributed by atoms with Gasteiger partial charge in [-0.05, 0) is 28.5 Å². The van der Waals surface area contributed by atoms with E-state index in [1.165, 1.54) is 11.3 Å². The first kappa shape index (κ1) is 15.4. The van der Waals surface area contributed by atoms with E-state index >= 15 is 0 Å². The molecular formula is C14H19NO3S. The number of hydrogen-bond acceptors (Lipinski definition) is 3. The van der Waals surface area contributed by atoms with Crippen molar-refractivity contribution in [2.24, 2.45) is 5.41 Å². The molecule has 0 fully saturated rings. The molecule has 104 valence electrons. The summed E-state index contributed by atoms with van der Waals surface area (Å²) >= 11 is 1.50. The van der Waals surface area contributed by atoms with Gasteiger partial charge in [-0.3, -0.25) is 4.79 Å². The van der Waals surface area contributed by atoms with Crippen LogP contribution in [0.1, 0.15) is 37.6 Å². The van der Waals surface area contributed by atoms with Gasteiger partial charge in [-0.2, -0.15) is 0 Å². The Morgan fingerprint density at radius 2 is 2.11 bits per heavy atom. The van der Waals surface area contributed by atoms with E-state index in [9.17, 15) is 9.59 Å².